The molecule has 0 saturated heterocycles. The van der Waals surface area contributed by atoms with Crippen molar-refractivity contribution in [3.05, 3.63) is 27.5 Å². The Morgan fingerprint density at radius 1 is 1.47 bits per heavy atom. The number of nitrogens with one attached hydrogen (secondary N) is 1. The molecular weight excluding hydrogens is 206 g/mol. The summed E-state index contributed by atoms with van der Waals surface area (Å²) in [5.74, 6) is 0.376. The number of fused-ring (bicyclic) bond motifs is 1. The van der Waals surface area contributed by atoms with Crippen molar-refractivity contribution in [2.75, 3.05) is 5.73 Å². The Labute approximate surface area is 93.0 Å². The normalized spacial score (nSPS) is 17.2. The fourth-order valence-electron chi connectivity index (χ4n) is 1.54. The maximum absolute atomic E-state index is 5.66. The van der Waals surface area contributed by atoms with Gasteiger partial charge in [-0.25, -0.2) is 4.98 Å². The van der Waals surface area contributed by atoms with E-state index in [9.17, 15) is 0 Å². The van der Waals surface area contributed by atoms with E-state index in [0.29, 0.717) is 10.5 Å². The SMILES string of the molecule is CC1(C)C=CC=c2nc(N)c(=S)[nH]c2=C1. The summed E-state index contributed by atoms with van der Waals surface area (Å²) in [6, 6.07) is 0. The number of allylic oxidation sites excluding steroid dienone is 2. The number of nitrogen functional groups attached to an aromatic ring is 1. The number of aromatic nitrogens is 2. The molecule has 1 aliphatic carbocycles. The third-order valence-corrected chi connectivity index (χ3v) is 2.61. The van der Waals surface area contributed by atoms with Gasteiger partial charge in [0.1, 0.15) is 4.64 Å². The lowest BCUT2D eigenvalue weighted by Gasteiger charge is -2.12. The predicted octanol–water partition coefficient (Wildman–Crippen LogP) is 0.878. The molecule has 0 spiro atoms. The van der Waals surface area contributed by atoms with Gasteiger partial charge in [0.15, 0.2) is 5.82 Å². The van der Waals surface area contributed by atoms with E-state index in [1.54, 1.807) is 0 Å². The summed E-state index contributed by atoms with van der Waals surface area (Å²) in [5, 5.41) is 1.77. The number of hydrogen-bond donors (Lipinski definition) is 2. The van der Waals surface area contributed by atoms with Crippen LogP contribution in [0.2, 0.25) is 0 Å². The fourth-order valence-corrected chi connectivity index (χ4v) is 1.69. The highest BCUT2D eigenvalue weighted by Gasteiger charge is 2.11. The highest BCUT2D eigenvalue weighted by molar-refractivity contribution is 7.71. The van der Waals surface area contributed by atoms with Gasteiger partial charge in [-0.1, -0.05) is 38.2 Å². The zero-order valence-corrected chi connectivity index (χ0v) is 9.56. The van der Waals surface area contributed by atoms with Crippen molar-refractivity contribution in [1.82, 2.24) is 9.97 Å². The number of hydrogen-bond acceptors (Lipinski definition) is 3. The number of rotatable bonds is 0. The van der Waals surface area contributed by atoms with Crippen molar-refractivity contribution in [2.24, 2.45) is 5.41 Å². The Kier molecular flexibility index (Phi) is 2.23. The van der Waals surface area contributed by atoms with Crippen molar-refractivity contribution >= 4 is 30.2 Å². The minimum Gasteiger partial charge on any atom is -0.381 e. The number of anilines is 1. The molecule has 2 rings (SSSR count). The molecule has 4 heteroatoms. The van der Waals surface area contributed by atoms with E-state index in [1.807, 2.05) is 12.2 Å². The van der Waals surface area contributed by atoms with Crippen molar-refractivity contribution < 1.29 is 0 Å². The highest BCUT2D eigenvalue weighted by atomic mass is 32.1. The van der Waals surface area contributed by atoms with Gasteiger partial charge in [-0.05, 0) is 12.2 Å². The van der Waals surface area contributed by atoms with Crippen LogP contribution in [0.4, 0.5) is 5.82 Å². The number of nitrogens with zero attached hydrogens (tertiary/aromatic N) is 1. The van der Waals surface area contributed by atoms with Crippen LogP contribution in [0.1, 0.15) is 13.8 Å². The second kappa shape index (κ2) is 3.31. The highest BCUT2D eigenvalue weighted by Crippen LogP contribution is 2.19. The molecule has 0 aliphatic heterocycles. The van der Waals surface area contributed by atoms with E-state index in [4.69, 9.17) is 18.0 Å². The van der Waals surface area contributed by atoms with Crippen molar-refractivity contribution in [3.63, 3.8) is 0 Å². The summed E-state index contributed by atoms with van der Waals surface area (Å²) >= 11 is 5.06. The molecular formula is C11H13N3S. The van der Waals surface area contributed by atoms with Crippen LogP contribution in [0, 0.1) is 10.1 Å². The zero-order valence-electron chi connectivity index (χ0n) is 8.74. The largest absolute Gasteiger partial charge is 0.381 e. The van der Waals surface area contributed by atoms with E-state index in [0.717, 1.165) is 10.7 Å². The van der Waals surface area contributed by atoms with Gasteiger partial charge in [0.2, 0.25) is 0 Å². The molecule has 0 radical (unpaired) electrons. The van der Waals surface area contributed by atoms with Crippen LogP contribution in [0.25, 0.3) is 12.2 Å². The maximum Gasteiger partial charge on any atom is 0.159 e. The number of aromatic amines is 1. The molecule has 0 amide bonds. The van der Waals surface area contributed by atoms with Crippen LogP contribution < -0.4 is 16.4 Å². The van der Waals surface area contributed by atoms with Gasteiger partial charge in [-0.2, -0.15) is 0 Å². The van der Waals surface area contributed by atoms with Crippen LogP contribution in [0.5, 0.6) is 0 Å². The standard InChI is InChI=1S/C11H13N3S/c1-11(2)5-3-4-7-8(6-11)14-10(15)9(12)13-7/h3-6H,1-2H3,(H2,12,13)(H,14,15). The van der Waals surface area contributed by atoms with E-state index in [2.05, 4.69) is 36.0 Å². The molecule has 1 aliphatic rings. The molecule has 0 saturated carbocycles. The van der Waals surface area contributed by atoms with Crippen LogP contribution >= 0.6 is 12.2 Å². The molecule has 1 heterocycles. The lowest BCUT2D eigenvalue weighted by atomic mass is 9.93. The minimum absolute atomic E-state index is 0.00216. The summed E-state index contributed by atoms with van der Waals surface area (Å²) < 4.78 is 0.496. The number of nitrogens with two attached hydrogens (primary N) is 1. The Morgan fingerprint density at radius 2 is 2.20 bits per heavy atom. The average molecular weight is 219 g/mol. The third-order valence-electron chi connectivity index (χ3n) is 2.29. The second-order valence-electron chi connectivity index (χ2n) is 4.24. The molecule has 3 nitrogen and oxygen atoms in total. The summed E-state index contributed by atoms with van der Waals surface area (Å²) in [6.45, 7) is 4.25. The average Bonchev–Trinajstić information content (AvgIpc) is 2.24. The van der Waals surface area contributed by atoms with Gasteiger partial charge in [0.25, 0.3) is 0 Å². The summed E-state index contributed by atoms with van der Waals surface area (Å²) in [6.07, 6.45) is 8.14. The first-order valence-electron chi connectivity index (χ1n) is 4.76. The predicted molar refractivity (Wildman–Crippen MR) is 64.9 cm³/mol. The van der Waals surface area contributed by atoms with Gasteiger partial charge in [0.05, 0.1) is 10.7 Å². The smallest absolute Gasteiger partial charge is 0.159 e. The van der Waals surface area contributed by atoms with E-state index in [-0.39, 0.29) is 5.41 Å². The quantitative estimate of drug-likeness (QED) is 0.637. The lowest BCUT2D eigenvalue weighted by Crippen LogP contribution is -2.33. The monoisotopic (exact) mass is 219 g/mol. The van der Waals surface area contributed by atoms with Crippen LogP contribution in [-0.4, -0.2) is 9.97 Å². The van der Waals surface area contributed by atoms with Crippen molar-refractivity contribution in [2.45, 2.75) is 13.8 Å². The molecule has 0 atom stereocenters. The Hall–Kier alpha value is -1.42. The molecule has 1 aromatic rings. The van der Waals surface area contributed by atoms with E-state index < -0.39 is 0 Å². The van der Waals surface area contributed by atoms with Crippen LogP contribution in [0.3, 0.4) is 0 Å². The summed E-state index contributed by atoms with van der Waals surface area (Å²) in [4.78, 5) is 7.34. The van der Waals surface area contributed by atoms with Gasteiger partial charge < -0.3 is 10.7 Å². The minimum atomic E-state index is -0.00216. The van der Waals surface area contributed by atoms with Gasteiger partial charge in [0, 0.05) is 5.41 Å². The van der Waals surface area contributed by atoms with Gasteiger partial charge in [-0.3, -0.25) is 0 Å². The first kappa shape index (κ1) is 10.1. The Bertz CT molecular complexity index is 593. The van der Waals surface area contributed by atoms with Crippen LogP contribution in [-0.2, 0) is 0 Å². The fraction of sp³-hybridized carbons (Fsp3) is 0.273. The summed E-state index contributed by atoms with van der Waals surface area (Å²) in [5.41, 5.74) is 5.66. The second-order valence-corrected chi connectivity index (χ2v) is 4.65. The maximum atomic E-state index is 5.66. The van der Waals surface area contributed by atoms with Crippen LogP contribution in [0.15, 0.2) is 12.2 Å². The first-order chi connectivity index (χ1) is 6.98. The Morgan fingerprint density at radius 3 is 2.93 bits per heavy atom. The van der Waals surface area contributed by atoms with E-state index >= 15 is 0 Å². The molecule has 1 aromatic heterocycles. The van der Waals surface area contributed by atoms with Gasteiger partial charge >= 0.3 is 0 Å². The molecule has 0 bridgehead atoms. The zero-order chi connectivity index (χ0) is 11.1. The number of H-pyrrole nitrogens is 1. The summed E-state index contributed by atoms with van der Waals surface area (Å²) in [7, 11) is 0. The molecule has 0 aromatic carbocycles. The molecule has 0 unspecified atom stereocenters. The topological polar surface area (TPSA) is 54.7 Å². The first-order valence-corrected chi connectivity index (χ1v) is 5.17. The van der Waals surface area contributed by atoms with Crippen molar-refractivity contribution in [3.8, 4) is 0 Å². The van der Waals surface area contributed by atoms with Crippen molar-refractivity contribution in [1.29, 1.82) is 0 Å². The van der Waals surface area contributed by atoms with Gasteiger partial charge in [-0.15, -0.1) is 0 Å². The Balaban J connectivity index is 2.87. The third kappa shape index (κ3) is 1.99. The lowest BCUT2D eigenvalue weighted by molar-refractivity contribution is 0.668. The molecule has 0 fully saturated rings. The molecule has 3 N–H and O–H groups in total. The molecule has 78 valence electrons. The molecule has 15 heavy (non-hydrogen) atoms. The van der Waals surface area contributed by atoms with E-state index in [1.165, 1.54) is 0 Å².